The van der Waals surface area contributed by atoms with Crippen LogP contribution in [0.15, 0.2) is 12.1 Å². The molecule has 0 saturated heterocycles. The highest BCUT2D eigenvalue weighted by Gasteiger charge is 2.17. The summed E-state index contributed by atoms with van der Waals surface area (Å²) in [5, 5.41) is 3.51. The van der Waals surface area contributed by atoms with Gasteiger partial charge in [0.2, 0.25) is 0 Å². The summed E-state index contributed by atoms with van der Waals surface area (Å²) in [6.45, 7) is 13.3. The van der Waals surface area contributed by atoms with Crippen LogP contribution in [0, 0.1) is 0 Å². The molecule has 0 bridgehead atoms. The summed E-state index contributed by atoms with van der Waals surface area (Å²) < 4.78 is 0. The van der Waals surface area contributed by atoms with Crippen molar-refractivity contribution in [1.82, 2.24) is 0 Å². The third-order valence-electron chi connectivity index (χ3n) is 3.38. The number of hydrogen-bond acceptors (Lipinski definition) is 1. The lowest BCUT2D eigenvalue weighted by atomic mass is 9.87. The minimum absolute atomic E-state index is 0.334. The van der Waals surface area contributed by atoms with Gasteiger partial charge in [0.15, 0.2) is 5.11 Å². The lowest BCUT2D eigenvalue weighted by molar-refractivity contribution is 0.808. The molecule has 0 atom stereocenters. The van der Waals surface area contributed by atoms with Crippen molar-refractivity contribution in [2.75, 3.05) is 5.32 Å². The zero-order chi connectivity index (χ0) is 14.7. The van der Waals surface area contributed by atoms with Crippen LogP contribution in [-0.2, 0) is 0 Å². The average Bonchev–Trinajstić information content (AvgIpc) is 2.27. The molecule has 3 N–H and O–H groups in total. The van der Waals surface area contributed by atoms with Crippen LogP contribution in [0.5, 0.6) is 0 Å². The van der Waals surface area contributed by atoms with Gasteiger partial charge in [0, 0.05) is 5.69 Å². The molecule has 106 valence electrons. The first-order valence-electron chi connectivity index (χ1n) is 6.98. The number of hydrogen-bond donors (Lipinski definition) is 2. The Morgan fingerprint density at radius 1 is 0.947 bits per heavy atom. The van der Waals surface area contributed by atoms with E-state index in [0.29, 0.717) is 22.9 Å². The maximum atomic E-state index is 5.68. The monoisotopic (exact) mass is 278 g/mol. The van der Waals surface area contributed by atoms with Crippen LogP contribution in [0.25, 0.3) is 0 Å². The van der Waals surface area contributed by atoms with Crippen LogP contribution < -0.4 is 11.1 Å². The van der Waals surface area contributed by atoms with E-state index in [-0.39, 0.29) is 0 Å². The molecule has 0 aliphatic rings. The van der Waals surface area contributed by atoms with Crippen LogP contribution in [0.2, 0.25) is 0 Å². The fourth-order valence-corrected chi connectivity index (χ4v) is 2.33. The second-order valence-corrected chi connectivity index (χ2v) is 6.47. The molecule has 0 amide bonds. The molecule has 0 spiro atoms. The molecule has 0 heterocycles. The van der Waals surface area contributed by atoms with E-state index in [1.165, 1.54) is 16.7 Å². The van der Waals surface area contributed by atoms with E-state index in [1.807, 2.05) is 0 Å². The van der Waals surface area contributed by atoms with E-state index in [4.69, 9.17) is 18.0 Å². The molecule has 0 radical (unpaired) electrons. The molecular weight excluding hydrogens is 252 g/mol. The second-order valence-electron chi connectivity index (χ2n) is 6.03. The van der Waals surface area contributed by atoms with E-state index in [0.717, 1.165) is 5.69 Å². The standard InChI is InChI=1S/C16H26N2S/c1-9(2)12-7-13(10(3)4)15(18-16(17)19)14(8-12)11(5)6/h7-11H,1-6H3,(H3,17,18,19). The molecule has 0 unspecified atom stereocenters. The Morgan fingerprint density at radius 3 is 1.63 bits per heavy atom. The molecular formula is C16H26N2S. The number of benzene rings is 1. The quantitative estimate of drug-likeness (QED) is 0.783. The van der Waals surface area contributed by atoms with Gasteiger partial charge in [-0.1, -0.05) is 53.7 Å². The molecule has 0 fully saturated rings. The van der Waals surface area contributed by atoms with Crippen molar-refractivity contribution in [1.29, 1.82) is 0 Å². The zero-order valence-electron chi connectivity index (χ0n) is 12.9. The maximum absolute atomic E-state index is 5.68. The van der Waals surface area contributed by atoms with Crippen molar-refractivity contribution >= 4 is 23.0 Å². The van der Waals surface area contributed by atoms with Gasteiger partial charge in [-0.25, -0.2) is 0 Å². The smallest absolute Gasteiger partial charge is 0.168 e. The first kappa shape index (κ1) is 16.0. The van der Waals surface area contributed by atoms with Gasteiger partial charge in [-0.05, 0) is 46.7 Å². The summed E-state index contributed by atoms with van der Waals surface area (Å²) in [6, 6.07) is 4.56. The third-order valence-corrected chi connectivity index (χ3v) is 3.48. The minimum Gasteiger partial charge on any atom is -0.376 e. The minimum atomic E-state index is 0.334. The largest absolute Gasteiger partial charge is 0.376 e. The number of thiocarbonyl (C=S) groups is 1. The third kappa shape index (κ3) is 3.93. The Balaban J connectivity index is 3.50. The van der Waals surface area contributed by atoms with Gasteiger partial charge in [0.05, 0.1) is 0 Å². The molecule has 0 aromatic heterocycles. The Hall–Kier alpha value is -1.09. The first-order valence-corrected chi connectivity index (χ1v) is 7.39. The van der Waals surface area contributed by atoms with Crippen LogP contribution in [0.1, 0.15) is 76.0 Å². The Labute approximate surface area is 122 Å². The van der Waals surface area contributed by atoms with E-state index in [2.05, 4.69) is 59.0 Å². The van der Waals surface area contributed by atoms with Gasteiger partial charge >= 0.3 is 0 Å². The molecule has 19 heavy (non-hydrogen) atoms. The van der Waals surface area contributed by atoms with Gasteiger partial charge in [-0.3, -0.25) is 0 Å². The summed E-state index contributed by atoms with van der Waals surface area (Å²) in [5.74, 6) is 1.40. The van der Waals surface area contributed by atoms with E-state index in [1.54, 1.807) is 0 Å². The number of nitrogens with one attached hydrogen (secondary N) is 1. The average molecular weight is 278 g/mol. The van der Waals surface area contributed by atoms with Crippen molar-refractivity contribution in [2.24, 2.45) is 5.73 Å². The molecule has 0 saturated carbocycles. The Bertz CT molecular complexity index is 433. The van der Waals surface area contributed by atoms with Crippen molar-refractivity contribution in [3.05, 3.63) is 28.8 Å². The van der Waals surface area contributed by atoms with Crippen LogP contribution in [0.3, 0.4) is 0 Å². The summed E-state index contributed by atoms with van der Waals surface area (Å²) in [7, 11) is 0. The lowest BCUT2D eigenvalue weighted by Crippen LogP contribution is -2.21. The molecule has 3 heteroatoms. The number of anilines is 1. The van der Waals surface area contributed by atoms with Gasteiger partial charge in [0.25, 0.3) is 0 Å². The predicted molar refractivity (Wildman–Crippen MR) is 89.1 cm³/mol. The highest BCUT2D eigenvalue weighted by molar-refractivity contribution is 7.80. The van der Waals surface area contributed by atoms with Crippen LogP contribution >= 0.6 is 12.2 Å². The summed E-state index contributed by atoms with van der Waals surface area (Å²) >= 11 is 5.02. The number of nitrogens with two attached hydrogens (primary N) is 1. The fourth-order valence-electron chi connectivity index (χ4n) is 2.22. The molecule has 1 aromatic rings. The SMILES string of the molecule is CC(C)c1cc(C(C)C)c(NC(N)=S)c(C(C)C)c1. The summed E-state index contributed by atoms with van der Waals surface area (Å²) in [5.41, 5.74) is 10.7. The Kier molecular flexibility index (Phi) is 5.36. The van der Waals surface area contributed by atoms with Crippen molar-refractivity contribution in [2.45, 2.75) is 59.3 Å². The zero-order valence-corrected chi connectivity index (χ0v) is 13.7. The molecule has 0 aliphatic heterocycles. The van der Waals surface area contributed by atoms with Gasteiger partial charge in [-0.15, -0.1) is 0 Å². The molecule has 0 aliphatic carbocycles. The van der Waals surface area contributed by atoms with Crippen molar-refractivity contribution in [3.8, 4) is 0 Å². The number of rotatable bonds is 4. The van der Waals surface area contributed by atoms with E-state index < -0.39 is 0 Å². The van der Waals surface area contributed by atoms with Crippen molar-refractivity contribution < 1.29 is 0 Å². The maximum Gasteiger partial charge on any atom is 0.168 e. The summed E-state index contributed by atoms with van der Waals surface area (Å²) in [6.07, 6.45) is 0. The highest BCUT2D eigenvalue weighted by atomic mass is 32.1. The van der Waals surface area contributed by atoms with Crippen LogP contribution in [0.4, 0.5) is 5.69 Å². The predicted octanol–water partition coefficient (Wildman–Crippen LogP) is 4.71. The highest BCUT2D eigenvalue weighted by Crippen LogP contribution is 2.35. The van der Waals surface area contributed by atoms with E-state index in [9.17, 15) is 0 Å². The summed E-state index contributed by atoms with van der Waals surface area (Å²) in [4.78, 5) is 0. The fraction of sp³-hybridized carbons (Fsp3) is 0.562. The molecule has 1 aromatic carbocycles. The molecule has 1 rings (SSSR count). The molecule has 2 nitrogen and oxygen atoms in total. The van der Waals surface area contributed by atoms with Gasteiger partial charge in [0.1, 0.15) is 0 Å². The topological polar surface area (TPSA) is 38.0 Å². The van der Waals surface area contributed by atoms with Gasteiger partial charge in [-0.2, -0.15) is 0 Å². The lowest BCUT2D eigenvalue weighted by Gasteiger charge is -2.23. The van der Waals surface area contributed by atoms with Crippen molar-refractivity contribution in [3.63, 3.8) is 0 Å². The van der Waals surface area contributed by atoms with E-state index >= 15 is 0 Å². The first-order chi connectivity index (χ1) is 8.73. The normalized spacial score (nSPS) is 11.4. The Morgan fingerprint density at radius 2 is 1.37 bits per heavy atom. The van der Waals surface area contributed by atoms with Gasteiger partial charge < -0.3 is 11.1 Å². The van der Waals surface area contributed by atoms with Crippen LogP contribution in [-0.4, -0.2) is 5.11 Å². The second kappa shape index (κ2) is 6.38.